The summed E-state index contributed by atoms with van der Waals surface area (Å²) in [4.78, 5) is 24.6. The molecule has 2 amide bonds. The molecule has 1 aromatic heterocycles. The summed E-state index contributed by atoms with van der Waals surface area (Å²) in [6.45, 7) is 4.39. The minimum absolute atomic E-state index is 0.00742. The van der Waals surface area contributed by atoms with Crippen LogP contribution in [-0.4, -0.2) is 28.4 Å². The Morgan fingerprint density at radius 3 is 2.60 bits per heavy atom. The monoisotopic (exact) mass is 343 g/mol. The van der Waals surface area contributed by atoms with Gasteiger partial charge in [-0.2, -0.15) is 0 Å². The van der Waals surface area contributed by atoms with Crippen LogP contribution >= 0.6 is 0 Å². The quantitative estimate of drug-likeness (QED) is 0.722. The molecule has 0 fully saturated rings. The molecule has 6 nitrogen and oxygen atoms in total. The van der Waals surface area contributed by atoms with E-state index >= 15 is 0 Å². The minimum Gasteiger partial charge on any atom is -0.396 e. The van der Waals surface area contributed by atoms with Gasteiger partial charge in [0.25, 0.3) is 5.56 Å². The molecule has 3 N–H and O–H groups in total. The number of hydrogen-bond acceptors (Lipinski definition) is 3. The SMILES string of the molecule is CCC(CCO)NC(=O)Nc1cccn(Cc2ccc(C)cc2)c1=O. The summed E-state index contributed by atoms with van der Waals surface area (Å²) < 4.78 is 1.56. The van der Waals surface area contributed by atoms with Crippen molar-refractivity contribution < 1.29 is 9.90 Å². The molecular formula is C19H25N3O3. The summed E-state index contributed by atoms with van der Waals surface area (Å²) in [5.41, 5.74) is 2.15. The largest absolute Gasteiger partial charge is 0.396 e. The van der Waals surface area contributed by atoms with Crippen molar-refractivity contribution in [3.63, 3.8) is 0 Å². The number of anilines is 1. The van der Waals surface area contributed by atoms with Crippen molar-refractivity contribution in [3.05, 3.63) is 64.1 Å². The molecule has 0 aliphatic heterocycles. The maximum atomic E-state index is 12.5. The van der Waals surface area contributed by atoms with Crippen LogP contribution in [0.2, 0.25) is 0 Å². The third-order valence-corrected chi connectivity index (χ3v) is 4.05. The second-order valence-electron chi connectivity index (χ2n) is 6.06. The number of nitrogens with zero attached hydrogens (tertiary/aromatic N) is 1. The maximum absolute atomic E-state index is 12.5. The number of urea groups is 1. The predicted octanol–water partition coefficient (Wildman–Crippen LogP) is 2.49. The highest BCUT2D eigenvalue weighted by Gasteiger charge is 2.12. The van der Waals surface area contributed by atoms with E-state index in [4.69, 9.17) is 5.11 Å². The summed E-state index contributed by atoms with van der Waals surface area (Å²) in [5, 5.41) is 14.3. The summed E-state index contributed by atoms with van der Waals surface area (Å²) in [6.07, 6.45) is 2.89. The Morgan fingerprint density at radius 2 is 1.96 bits per heavy atom. The van der Waals surface area contributed by atoms with Crippen molar-refractivity contribution in [1.82, 2.24) is 9.88 Å². The number of benzene rings is 1. The highest BCUT2D eigenvalue weighted by Crippen LogP contribution is 2.06. The lowest BCUT2D eigenvalue weighted by Crippen LogP contribution is -2.39. The molecule has 6 heteroatoms. The number of nitrogens with one attached hydrogen (secondary N) is 2. The third-order valence-electron chi connectivity index (χ3n) is 4.05. The molecule has 0 aliphatic carbocycles. The molecule has 1 unspecified atom stereocenters. The maximum Gasteiger partial charge on any atom is 0.319 e. The Hall–Kier alpha value is -2.60. The lowest BCUT2D eigenvalue weighted by Gasteiger charge is -2.16. The molecule has 1 aromatic carbocycles. The number of aliphatic hydroxyl groups is 1. The molecule has 134 valence electrons. The van der Waals surface area contributed by atoms with Crippen molar-refractivity contribution in [2.45, 2.75) is 39.3 Å². The zero-order valence-corrected chi connectivity index (χ0v) is 14.7. The fourth-order valence-electron chi connectivity index (χ4n) is 2.52. The number of aliphatic hydroxyl groups excluding tert-OH is 1. The van der Waals surface area contributed by atoms with Crippen molar-refractivity contribution >= 4 is 11.7 Å². The number of aryl methyl sites for hydroxylation is 1. The van der Waals surface area contributed by atoms with E-state index < -0.39 is 6.03 Å². The number of carbonyl (C=O) groups is 1. The smallest absolute Gasteiger partial charge is 0.319 e. The first kappa shape index (κ1) is 18.7. The van der Waals surface area contributed by atoms with E-state index in [1.54, 1.807) is 22.9 Å². The van der Waals surface area contributed by atoms with E-state index in [1.165, 1.54) is 0 Å². The summed E-state index contributed by atoms with van der Waals surface area (Å²) in [7, 11) is 0. The lowest BCUT2D eigenvalue weighted by molar-refractivity contribution is 0.237. The zero-order valence-electron chi connectivity index (χ0n) is 14.7. The number of hydrogen-bond donors (Lipinski definition) is 3. The van der Waals surface area contributed by atoms with Gasteiger partial charge < -0.3 is 20.3 Å². The fraction of sp³-hybridized carbons (Fsp3) is 0.368. The van der Waals surface area contributed by atoms with Crippen molar-refractivity contribution in [1.29, 1.82) is 0 Å². The molecule has 25 heavy (non-hydrogen) atoms. The van der Waals surface area contributed by atoms with Gasteiger partial charge in [0.1, 0.15) is 5.69 Å². The van der Waals surface area contributed by atoms with Crippen LogP contribution in [0, 0.1) is 6.92 Å². The Labute approximate surface area is 147 Å². The van der Waals surface area contributed by atoms with Crippen LogP contribution in [0.5, 0.6) is 0 Å². The predicted molar refractivity (Wildman–Crippen MR) is 98.9 cm³/mol. The van der Waals surface area contributed by atoms with Gasteiger partial charge in [-0.3, -0.25) is 4.79 Å². The molecule has 0 saturated heterocycles. The molecule has 0 radical (unpaired) electrons. The van der Waals surface area contributed by atoms with E-state index in [9.17, 15) is 9.59 Å². The first-order chi connectivity index (χ1) is 12.0. The Bertz CT molecular complexity index is 753. The van der Waals surface area contributed by atoms with E-state index in [0.717, 1.165) is 11.1 Å². The van der Waals surface area contributed by atoms with Crippen LogP contribution in [0.25, 0.3) is 0 Å². The standard InChI is InChI=1S/C19H25N3O3/c1-3-16(10-12-23)20-19(25)21-17-5-4-11-22(18(17)24)13-15-8-6-14(2)7-9-15/h4-9,11,16,23H,3,10,12-13H2,1-2H3,(H2,20,21,25). The molecule has 1 atom stereocenters. The lowest BCUT2D eigenvalue weighted by atomic mass is 10.1. The Kier molecular flexibility index (Phi) is 6.77. The van der Waals surface area contributed by atoms with E-state index in [1.807, 2.05) is 38.1 Å². The van der Waals surface area contributed by atoms with Crippen molar-refractivity contribution in [3.8, 4) is 0 Å². The molecular weight excluding hydrogens is 318 g/mol. The molecule has 0 aliphatic rings. The van der Waals surface area contributed by atoms with E-state index in [2.05, 4.69) is 10.6 Å². The van der Waals surface area contributed by atoms with E-state index in [-0.39, 0.29) is 23.9 Å². The second-order valence-corrected chi connectivity index (χ2v) is 6.06. The Balaban J connectivity index is 2.08. The summed E-state index contributed by atoms with van der Waals surface area (Å²) in [5.74, 6) is 0. The van der Waals surface area contributed by atoms with Crippen LogP contribution in [0.4, 0.5) is 10.5 Å². The van der Waals surface area contributed by atoms with Crippen LogP contribution in [0.3, 0.4) is 0 Å². The molecule has 0 saturated carbocycles. The van der Waals surface area contributed by atoms with Crippen LogP contribution < -0.4 is 16.2 Å². The molecule has 2 rings (SSSR count). The first-order valence-corrected chi connectivity index (χ1v) is 8.47. The van der Waals surface area contributed by atoms with Crippen LogP contribution in [0.1, 0.15) is 30.9 Å². The van der Waals surface area contributed by atoms with Gasteiger partial charge in [-0.25, -0.2) is 4.79 Å². The second kappa shape index (κ2) is 9.03. The van der Waals surface area contributed by atoms with Gasteiger partial charge in [-0.05, 0) is 37.5 Å². The number of aromatic nitrogens is 1. The van der Waals surface area contributed by atoms with Crippen molar-refractivity contribution in [2.24, 2.45) is 0 Å². The Morgan fingerprint density at radius 1 is 1.24 bits per heavy atom. The summed E-state index contributed by atoms with van der Waals surface area (Å²) in [6, 6.07) is 10.7. The van der Waals surface area contributed by atoms with Gasteiger partial charge in [0, 0.05) is 18.8 Å². The van der Waals surface area contributed by atoms with Gasteiger partial charge in [-0.15, -0.1) is 0 Å². The highest BCUT2D eigenvalue weighted by atomic mass is 16.3. The van der Waals surface area contributed by atoms with Crippen LogP contribution in [-0.2, 0) is 6.54 Å². The fourth-order valence-corrected chi connectivity index (χ4v) is 2.52. The van der Waals surface area contributed by atoms with Crippen LogP contribution in [0.15, 0.2) is 47.4 Å². The minimum atomic E-state index is -0.439. The molecule has 0 bridgehead atoms. The van der Waals surface area contributed by atoms with E-state index in [0.29, 0.717) is 19.4 Å². The normalized spacial score (nSPS) is 11.8. The number of pyridine rings is 1. The van der Waals surface area contributed by atoms with Gasteiger partial charge in [0.05, 0.1) is 6.54 Å². The topological polar surface area (TPSA) is 83.4 Å². The first-order valence-electron chi connectivity index (χ1n) is 8.47. The zero-order chi connectivity index (χ0) is 18.2. The van der Waals surface area contributed by atoms with Gasteiger partial charge in [0.15, 0.2) is 0 Å². The number of rotatable bonds is 7. The number of amides is 2. The molecule has 2 aromatic rings. The number of carbonyl (C=O) groups excluding carboxylic acids is 1. The average Bonchev–Trinajstić information content (AvgIpc) is 2.60. The van der Waals surface area contributed by atoms with Gasteiger partial charge in [0.2, 0.25) is 0 Å². The summed E-state index contributed by atoms with van der Waals surface area (Å²) >= 11 is 0. The third kappa shape index (κ3) is 5.46. The van der Waals surface area contributed by atoms with Gasteiger partial charge >= 0.3 is 6.03 Å². The highest BCUT2D eigenvalue weighted by molar-refractivity contribution is 5.89. The average molecular weight is 343 g/mol. The molecule has 0 spiro atoms. The van der Waals surface area contributed by atoms with Crippen molar-refractivity contribution in [2.75, 3.05) is 11.9 Å². The van der Waals surface area contributed by atoms with Gasteiger partial charge in [-0.1, -0.05) is 36.8 Å². The molecule has 1 heterocycles.